The van der Waals surface area contributed by atoms with Crippen LogP contribution in [0.2, 0.25) is 0 Å². The number of rotatable bonds is 5. The molecule has 1 aliphatic heterocycles. The van der Waals surface area contributed by atoms with Crippen molar-refractivity contribution in [2.24, 2.45) is 4.99 Å². The van der Waals surface area contributed by atoms with Crippen molar-refractivity contribution in [1.29, 1.82) is 0 Å². The van der Waals surface area contributed by atoms with E-state index in [0.717, 1.165) is 30.7 Å². The Labute approximate surface area is 113 Å². The fourth-order valence-electron chi connectivity index (χ4n) is 2.41. The summed E-state index contributed by atoms with van der Waals surface area (Å²) in [4.78, 5) is 15.6. The van der Waals surface area contributed by atoms with Crippen molar-refractivity contribution < 1.29 is 9.53 Å². The molecule has 0 bridgehead atoms. The molecule has 19 heavy (non-hydrogen) atoms. The molecule has 2 rings (SSSR count). The minimum atomic E-state index is 0.102. The Balaban J connectivity index is 2.04. The number of methoxy groups -OCH3 is 1. The van der Waals surface area contributed by atoms with Crippen LogP contribution in [0, 0.1) is 0 Å². The van der Waals surface area contributed by atoms with E-state index in [9.17, 15) is 4.79 Å². The summed E-state index contributed by atoms with van der Waals surface area (Å²) in [6.07, 6.45) is 4.36. The molecule has 1 aromatic carbocycles. The fraction of sp³-hybridized carbons (Fsp3) is 0.467. The number of amides is 1. The summed E-state index contributed by atoms with van der Waals surface area (Å²) in [6.45, 7) is 0.800. The van der Waals surface area contributed by atoms with Gasteiger partial charge in [0.25, 0.3) is 0 Å². The third-order valence-corrected chi connectivity index (χ3v) is 3.53. The lowest BCUT2D eigenvalue weighted by Crippen LogP contribution is -2.18. The van der Waals surface area contributed by atoms with Crippen LogP contribution in [0.5, 0.6) is 5.75 Å². The Morgan fingerprint density at radius 2 is 2.37 bits per heavy atom. The fourth-order valence-corrected chi connectivity index (χ4v) is 2.41. The largest absolute Gasteiger partial charge is 0.497 e. The molecule has 0 radical (unpaired) electrons. The van der Waals surface area contributed by atoms with Crippen molar-refractivity contribution in [2.75, 3.05) is 20.7 Å². The summed E-state index contributed by atoms with van der Waals surface area (Å²) in [5.41, 5.74) is 2.45. The molecule has 1 N–H and O–H groups in total. The molecule has 0 aliphatic carbocycles. The van der Waals surface area contributed by atoms with Gasteiger partial charge < -0.3 is 10.1 Å². The molecule has 102 valence electrons. The highest BCUT2D eigenvalue weighted by Crippen LogP contribution is 2.30. The second-order valence-electron chi connectivity index (χ2n) is 4.75. The van der Waals surface area contributed by atoms with Crippen molar-refractivity contribution in [2.45, 2.75) is 25.2 Å². The van der Waals surface area contributed by atoms with Crippen LogP contribution in [0.3, 0.4) is 0 Å². The lowest BCUT2D eigenvalue weighted by atomic mass is 9.88. The maximum Gasteiger partial charge on any atom is 0.219 e. The van der Waals surface area contributed by atoms with E-state index in [4.69, 9.17) is 4.74 Å². The smallest absolute Gasteiger partial charge is 0.219 e. The van der Waals surface area contributed by atoms with Gasteiger partial charge in [0.2, 0.25) is 5.91 Å². The first kappa shape index (κ1) is 13.6. The standard InChI is InChI=1S/C15H20N2O2/c1-16-15(18)5-3-4-11-9-17-10-12-6-7-13(19-2)8-14(11)12/h6-8,10-11H,3-5,9H2,1-2H3,(H,16,18). The Morgan fingerprint density at radius 1 is 1.53 bits per heavy atom. The van der Waals surface area contributed by atoms with E-state index >= 15 is 0 Å². The van der Waals surface area contributed by atoms with Crippen molar-refractivity contribution in [3.05, 3.63) is 29.3 Å². The normalized spacial score (nSPS) is 16.8. The predicted octanol–water partition coefficient (Wildman–Crippen LogP) is 2.13. The SMILES string of the molecule is CNC(=O)CCCC1CN=Cc2ccc(OC)cc21. The molecule has 1 aliphatic rings. The van der Waals surface area contributed by atoms with Gasteiger partial charge in [0.1, 0.15) is 5.75 Å². The summed E-state index contributed by atoms with van der Waals surface area (Å²) in [6, 6.07) is 6.09. The number of hydrogen-bond acceptors (Lipinski definition) is 3. The first-order valence-corrected chi connectivity index (χ1v) is 6.63. The van der Waals surface area contributed by atoms with Crippen LogP contribution >= 0.6 is 0 Å². The van der Waals surface area contributed by atoms with Crippen LogP contribution in [0.15, 0.2) is 23.2 Å². The second kappa shape index (κ2) is 6.36. The van der Waals surface area contributed by atoms with Crippen LogP contribution in [0.4, 0.5) is 0 Å². The zero-order valence-electron chi connectivity index (χ0n) is 11.5. The molecule has 4 heteroatoms. The van der Waals surface area contributed by atoms with E-state index in [1.54, 1.807) is 14.2 Å². The average molecular weight is 260 g/mol. The zero-order chi connectivity index (χ0) is 13.7. The number of carbonyl (C=O) groups is 1. The van der Waals surface area contributed by atoms with Crippen molar-refractivity contribution in [3.63, 3.8) is 0 Å². The van der Waals surface area contributed by atoms with Crippen molar-refractivity contribution in [1.82, 2.24) is 5.32 Å². The van der Waals surface area contributed by atoms with E-state index in [-0.39, 0.29) is 5.91 Å². The van der Waals surface area contributed by atoms with Crippen LogP contribution in [0.1, 0.15) is 36.3 Å². The summed E-state index contributed by atoms with van der Waals surface area (Å²) in [5, 5.41) is 2.65. The molecule has 1 aromatic rings. The van der Waals surface area contributed by atoms with Crippen molar-refractivity contribution >= 4 is 12.1 Å². The van der Waals surface area contributed by atoms with E-state index in [1.807, 2.05) is 18.3 Å². The van der Waals surface area contributed by atoms with Gasteiger partial charge in [-0.2, -0.15) is 0 Å². The molecular weight excluding hydrogens is 240 g/mol. The van der Waals surface area contributed by atoms with E-state index < -0.39 is 0 Å². The monoisotopic (exact) mass is 260 g/mol. The number of hydrogen-bond donors (Lipinski definition) is 1. The first-order valence-electron chi connectivity index (χ1n) is 6.63. The Morgan fingerprint density at radius 3 is 3.11 bits per heavy atom. The van der Waals surface area contributed by atoms with E-state index in [0.29, 0.717) is 12.3 Å². The molecule has 0 saturated carbocycles. The average Bonchev–Trinajstić information content (AvgIpc) is 2.46. The van der Waals surface area contributed by atoms with Gasteiger partial charge in [-0.05, 0) is 42.2 Å². The maximum absolute atomic E-state index is 11.2. The summed E-state index contributed by atoms with van der Waals surface area (Å²) in [5.74, 6) is 1.37. The lowest BCUT2D eigenvalue weighted by Gasteiger charge is -2.21. The number of ether oxygens (including phenoxy) is 1. The van der Waals surface area contributed by atoms with Crippen LogP contribution in [0.25, 0.3) is 0 Å². The van der Waals surface area contributed by atoms with Crippen LogP contribution in [-0.2, 0) is 4.79 Å². The Hall–Kier alpha value is -1.84. The highest BCUT2D eigenvalue weighted by atomic mass is 16.5. The molecule has 1 heterocycles. The van der Waals surface area contributed by atoms with Gasteiger partial charge >= 0.3 is 0 Å². The van der Waals surface area contributed by atoms with Gasteiger partial charge in [-0.1, -0.05) is 0 Å². The van der Waals surface area contributed by atoms with E-state index in [1.165, 1.54) is 5.56 Å². The number of fused-ring (bicyclic) bond motifs is 1. The molecule has 1 unspecified atom stereocenters. The second-order valence-corrected chi connectivity index (χ2v) is 4.75. The number of nitrogens with zero attached hydrogens (tertiary/aromatic N) is 1. The molecule has 0 saturated heterocycles. The molecule has 0 spiro atoms. The third kappa shape index (κ3) is 3.34. The van der Waals surface area contributed by atoms with Crippen LogP contribution < -0.4 is 10.1 Å². The lowest BCUT2D eigenvalue weighted by molar-refractivity contribution is -0.120. The Kier molecular flexibility index (Phi) is 4.55. The first-order chi connectivity index (χ1) is 9.24. The highest BCUT2D eigenvalue weighted by molar-refractivity contribution is 5.83. The van der Waals surface area contributed by atoms with Gasteiger partial charge in [0.05, 0.1) is 7.11 Å². The summed E-state index contributed by atoms with van der Waals surface area (Å²) in [7, 11) is 3.35. The van der Waals surface area contributed by atoms with Gasteiger partial charge in [-0.25, -0.2) is 0 Å². The van der Waals surface area contributed by atoms with E-state index in [2.05, 4.69) is 16.4 Å². The van der Waals surface area contributed by atoms with Crippen LogP contribution in [-0.4, -0.2) is 32.8 Å². The van der Waals surface area contributed by atoms with Gasteiger partial charge in [-0.15, -0.1) is 0 Å². The van der Waals surface area contributed by atoms with Gasteiger partial charge in [0.15, 0.2) is 0 Å². The van der Waals surface area contributed by atoms with Gasteiger partial charge in [-0.3, -0.25) is 9.79 Å². The topological polar surface area (TPSA) is 50.7 Å². The molecule has 1 atom stereocenters. The Bertz CT molecular complexity index is 483. The zero-order valence-corrected chi connectivity index (χ0v) is 11.5. The minimum absolute atomic E-state index is 0.102. The molecule has 0 aromatic heterocycles. The molecule has 4 nitrogen and oxygen atoms in total. The highest BCUT2D eigenvalue weighted by Gasteiger charge is 2.18. The summed E-state index contributed by atoms with van der Waals surface area (Å²) >= 11 is 0. The quantitative estimate of drug-likeness (QED) is 0.881. The molecular formula is C15H20N2O2. The third-order valence-electron chi connectivity index (χ3n) is 3.53. The molecule has 0 fully saturated rings. The molecule has 1 amide bonds. The summed E-state index contributed by atoms with van der Waals surface area (Å²) < 4.78 is 5.28. The minimum Gasteiger partial charge on any atom is -0.497 e. The number of carbonyl (C=O) groups excluding carboxylic acids is 1. The maximum atomic E-state index is 11.2. The number of aliphatic imine (C=N–C) groups is 1. The number of nitrogens with one attached hydrogen (secondary N) is 1. The van der Waals surface area contributed by atoms with Gasteiger partial charge in [0, 0.05) is 32.1 Å². The number of benzene rings is 1. The predicted molar refractivity (Wildman–Crippen MR) is 76.1 cm³/mol. The van der Waals surface area contributed by atoms with Crippen molar-refractivity contribution in [3.8, 4) is 5.75 Å².